The molecule has 1 amide bonds. The first-order valence-electron chi connectivity index (χ1n) is 8.55. The molecule has 1 atom stereocenters. The number of ether oxygens (including phenoxy) is 2. The minimum atomic E-state index is -0.192. The lowest BCUT2D eigenvalue weighted by Crippen LogP contribution is -2.66. The van der Waals surface area contributed by atoms with Crippen LogP contribution in [0.2, 0.25) is 0 Å². The highest BCUT2D eigenvalue weighted by Gasteiger charge is 2.54. The monoisotopic (exact) mass is 318 g/mol. The SMILES string of the molecule is CC(C)CCC(=O)N1CC2(C1)OCC[C@H]2COc1ccccn1. The van der Waals surface area contributed by atoms with Gasteiger partial charge in [-0.1, -0.05) is 19.9 Å². The van der Waals surface area contributed by atoms with Crippen molar-refractivity contribution in [1.29, 1.82) is 0 Å². The fourth-order valence-electron chi connectivity index (χ4n) is 3.33. The van der Waals surface area contributed by atoms with Crippen molar-refractivity contribution in [2.75, 3.05) is 26.3 Å². The van der Waals surface area contributed by atoms with Crippen LogP contribution in [0.5, 0.6) is 5.88 Å². The lowest BCUT2D eigenvalue weighted by Gasteiger charge is -2.50. The van der Waals surface area contributed by atoms with Crippen molar-refractivity contribution in [2.24, 2.45) is 11.8 Å². The Balaban J connectivity index is 1.49. The van der Waals surface area contributed by atoms with Crippen molar-refractivity contribution in [3.8, 4) is 5.88 Å². The first-order valence-corrected chi connectivity index (χ1v) is 8.55. The van der Waals surface area contributed by atoms with Crippen LogP contribution in [0.4, 0.5) is 0 Å². The van der Waals surface area contributed by atoms with Crippen LogP contribution in [0.1, 0.15) is 33.1 Å². The summed E-state index contributed by atoms with van der Waals surface area (Å²) in [6, 6.07) is 5.66. The zero-order valence-electron chi connectivity index (χ0n) is 14.0. The van der Waals surface area contributed by atoms with E-state index in [9.17, 15) is 4.79 Å². The van der Waals surface area contributed by atoms with Crippen molar-refractivity contribution >= 4 is 5.91 Å². The van der Waals surface area contributed by atoms with Gasteiger partial charge in [-0.3, -0.25) is 4.79 Å². The van der Waals surface area contributed by atoms with Gasteiger partial charge in [0, 0.05) is 31.2 Å². The Morgan fingerprint density at radius 1 is 1.48 bits per heavy atom. The van der Waals surface area contributed by atoms with Gasteiger partial charge < -0.3 is 14.4 Å². The van der Waals surface area contributed by atoms with Crippen molar-refractivity contribution in [1.82, 2.24) is 9.88 Å². The van der Waals surface area contributed by atoms with Gasteiger partial charge in [0.2, 0.25) is 11.8 Å². The normalized spacial score (nSPS) is 22.4. The quantitative estimate of drug-likeness (QED) is 0.809. The van der Waals surface area contributed by atoms with E-state index in [0.29, 0.717) is 43.8 Å². The van der Waals surface area contributed by atoms with E-state index >= 15 is 0 Å². The number of carbonyl (C=O) groups excluding carboxylic acids is 1. The number of likely N-dealkylation sites (tertiary alicyclic amines) is 1. The Morgan fingerprint density at radius 2 is 2.30 bits per heavy atom. The van der Waals surface area contributed by atoms with Crippen LogP contribution in [0.15, 0.2) is 24.4 Å². The number of rotatable bonds is 6. The lowest BCUT2D eigenvalue weighted by atomic mass is 9.81. The van der Waals surface area contributed by atoms with Crippen LogP contribution in [-0.2, 0) is 9.53 Å². The molecule has 1 aromatic rings. The molecule has 0 unspecified atom stereocenters. The Kier molecular flexibility index (Phi) is 4.85. The lowest BCUT2D eigenvalue weighted by molar-refractivity contribution is -0.167. The van der Waals surface area contributed by atoms with E-state index in [-0.39, 0.29) is 11.5 Å². The minimum Gasteiger partial charge on any atom is -0.477 e. The van der Waals surface area contributed by atoms with Crippen molar-refractivity contribution in [2.45, 2.75) is 38.7 Å². The summed E-state index contributed by atoms with van der Waals surface area (Å²) in [6.45, 7) is 7.07. The van der Waals surface area contributed by atoms with Gasteiger partial charge in [0.1, 0.15) is 5.60 Å². The number of hydrogen-bond donors (Lipinski definition) is 0. The zero-order valence-corrected chi connectivity index (χ0v) is 14.0. The number of carbonyl (C=O) groups is 1. The van der Waals surface area contributed by atoms with E-state index in [1.54, 1.807) is 6.20 Å². The molecule has 0 aliphatic carbocycles. The smallest absolute Gasteiger partial charge is 0.222 e. The van der Waals surface area contributed by atoms with Gasteiger partial charge in [0.25, 0.3) is 0 Å². The minimum absolute atomic E-state index is 0.192. The van der Waals surface area contributed by atoms with E-state index in [4.69, 9.17) is 9.47 Å². The zero-order chi connectivity index (χ0) is 16.3. The van der Waals surface area contributed by atoms with Gasteiger partial charge in [-0.2, -0.15) is 0 Å². The number of nitrogens with zero attached hydrogens (tertiary/aromatic N) is 2. The molecule has 0 N–H and O–H groups in total. The predicted molar refractivity (Wildman–Crippen MR) is 87.2 cm³/mol. The maximum atomic E-state index is 12.2. The Bertz CT molecular complexity index is 526. The predicted octanol–water partition coefficient (Wildman–Crippen LogP) is 2.51. The van der Waals surface area contributed by atoms with Crippen LogP contribution in [0, 0.1) is 11.8 Å². The highest BCUT2D eigenvalue weighted by Crippen LogP contribution is 2.40. The maximum Gasteiger partial charge on any atom is 0.222 e. The molecule has 1 spiro atoms. The van der Waals surface area contributed by atoms with E-state index in [2.05, 4.69) is 18.8 Å². The van der Waals surface area contributed by atoms with Crippen molar-refractivity contribution in [3.05, 3.63) is 24.4 Å². The first kappa shape index (κ1) is 16.2. The molecule has 126 valence electrons. The fourth-order valence-corrected chi connectivity index (χ4v) is 3.33. The third-order valence-corrected chi connectivity index (χ3v) is 4.88. The summed E-state index contributed by atoms with van der Waals surface area (Å²) in [4.78, 5) is 18.3. The Labute approximate surface area is 138 Å². The third kappa shape index (κ3) is 3.66. The second-order valence-electron chi connectivity index (χ2n) is 7.06. The number of pyridine rings is 1. The fraction of sp³-hybridized carbons (Fsp3) is 0.667. The van der Waals surface area contributed by atoms with Gasteiger partial charge in [-0.15, -0.1) is 0 Å². The molecule has 2 aliphatic heterocycles. The molecule has 0 saturated carbocycles. The molecule has 3 rings (SSSR count). The van der Waals surface area contributed by atoms with Gasteiger partial charge >= 0.3 is 0 Å². The van der Waals surface area contributed by atoms with E-state index < -0.39 is 0 Å². The molecule has 0 aromatic carbocycles. The van der Waals surface area contributed by atoms with Crippen LogP contribution in [0.3, 0.4) is 0 Å². The third-order valence-electron chi connectivity index (χ3n) is 4.88. The Hall–Kier alpha value is -1.62. The average Bonchev–Trinajstić information content (AvgIpc) is 2.94. The molecule has 23 heavy (non-hydrogen) atoms. The summed E-state index contributed by atoms with van der Waals surface area (Å²) in [5.74, 6) is 1.80. The molecule has 3 heterocycles. The van der Waals surface area contributed by atoms with Crippen LogP contribution < -0.4 is 4.74 Å². The number of amides is 1. The highest BCUT2D eigenvalue weighted by atomic mass is 16.5. The molecule has 5 nitrogen and oxygen atoms in total. The van der Waals surface area contributed by atoms with E-state index in [1.165, 1.54) is 0 Å². The topological polar surface area (TPSA) is 51.7 Å². The maximum absolute atomic E-state index is 12.2. The van der Waals surface area contributed by atoms with Gasteiger partial charge in [-0.25, -0.2) is 4.98 Å². The molecule has 0 bridgehead atoms. The molecular weight excluding hydrogens is 292 g/mol. The van der Waals surface area contributed by atoms with Gasteiger partial charge in [0.05, 0.1) is 19.7 Å². The van der Waals surface area contributed by atoms with Crippen molar-refractivity contribution < 1.29 is 14.3 Å². The van der Waals surface area contributed by atoms with Crippen LogP contribution >= 0.6 is 0 Å². The molecule has 0 radical (unpaired) electrons. The highest BCUT2D eigenvalue weighted by molar-refractivity contribution is 5.77. The first-order chi connectivity index (χ1) is 11.1. The summed E-state index contributed by atoms with van der Waals surface area (Å²) < 4.78 is 11.8. The number of hydrogen-bond acceptors (Lipinski definition) is 4. The summed E-state index contributed by atoms with van der Waals surface area (Å²) >= 11 is 0. The van der Waals surface area contributed by atoms with Gasteiger partial charge in [-0.05, 0) is 24.8 Å². The second-order valence-corrected chi connectivity index (χ2v) is 7.06. The summed E-state index contributed by atoms with van der Waals surface area (Å²) in [5, 5.41) is 0. The van der Waals surface area contributed by atoms with E-state index in [0.717, 1.165) is 19.4 Å². The molecule has 5 heteroatoms. The van der Waals surface area contributed by atoms with Crippen LogP contribution in [0.25, 0.3) is 0 Å². The molecule has 2 aliphatic rings. The molecule has 2 fully saturated rings. The van der Waals surface area contributed by atoms with E-state index in [1.807, 2.05) is 23.1 Å². The molecular formula is C18H26N2O3. The Morgan fingerprint density at radius 3 is 3.00 bits per heavy atom. The standard InChI is InChI=1S/C18H26N2O3/c1-14(2)6-7-17(21)20-12-18(13-20)15(8-10-23-18)11-22-16-5-3-4-9-19-16/h3-5,9,14-15H,6-8,10-13H2,1-2H3/t15-/m0/s1. The van der Waals surface area contributed by atoms with Crippen molar-refractivity contribution in [3.63, 3.8) is 0 Å². The molecule has 1 aromatic heterocycles. The van der Waals surface area contributed by atoms with Crippen LogP contribution in [-0.4, -0.2) is 47.7 Å². The second kappa shape index (κ2) is 6.87. The average molecular weight is 318 g/mol. The number of aromatic nitrogens is 1. The molecule has 2 saturated heterocycles. The van der Waals surface area contributed by atoms with Gasteiger partial charge in [0.15, 0.2) is 0 Å². The summed E-state index contributed by atoms with van der Waals surface area (Å²) in [5.41, 5.74) is -0.192. The summed E-state index contributed by atoms with van der Waals surface area (Å²) in [7, 11) is 0. The summed E-state index contributed by atoms with van der Waals surface area (Å²) in [6.07, 6.45) is 4.31. The largest absolute Gasteiger partial charge is 0.477 e.